The molecule has 106 valence electrons. The Bertz CT molecular complexity index is 742. The monoisotopic (exact) mass is 364 g/mol. The zero-order chi connectivity index (χ0) is 15.4. The summed E-state index contributed by atoms with van der Waals surface area (Å²) in [5, 5.41) is 14.8. The molecule has 2 rings (SSSR count). The molecule has 5 nitrogen and oxygen atoms in total. The van der Waals surface area contributed by atoms with Gasteiger partial charge in [0.15, 0.2) is 0 Å². The number of halogens is 2. The van der Waals surface area contributed by atoms with E-state index in [1.807, 2.05) is 6.07 Å². The molecule has 0 radical (unpaired) electrons. The molecule has 21 heavy (non-hydrogen) atoms. The number of carbonyl (C=O) groups is 1. The predicted molar refractivity (Wildman–Crippen MR) is 85.6 cm³/mol. The summed E-state index contributed by atoms with van der Waals surface area (Å²) >= 11 is 9.17. The Morgan fingerprint density at radius 1 is 1.38 bits per heavy atom. The number of hydrogen-bond donors (Lipinski definition) is 2. The topological polar surface area (TPSA) is 77.8 Å². The van der Waals surface area contributed by atoms with Gasteiger partial charge in [0.25, 0.3) is 5.91 Å². The van der Waals surface area contributed by atoms with Gasteiger partial charge in [-0.05, 0) is 30.3 Å². The van der Waals surface area contributed by atoms with Crippen LogP contribution in [0.15, 0.2) is 34.8 Å². The second kappa shape index (κ2) is 6.57. The lowest BCUT2D eigenvalue weighted by molar-refractivity contribution is 0.102. The van der Waals surface area contributed by atoms with Crippen molar-refractivity contribution in [2.75, 3.05) is 17.7 Å². The van der Waals surface area contributed by atoms with Crippen molar-refractivity contribution in [3.8, 4) is 6.07 Å². The van der Waals surface area contributed by atoms with Crippen LogP contribution in [0.2, 0.25) is 5.15 Å². The highest BCUT2D eigenvalue weighted by atomic mass is 79.9. The lowest BCUT2D eigenvalue weighted by atomic mass is 10.1. The third kappa shape index (κ3) is 3.72. The predicted octanol–water partition coefficient (Wildman–Crippen LogP) is 3.66. The Balaban J connectivity index is 2.32. The van der Waals surface area contributed by atoms with Crippen molar-refractivity contribution in [2.45, 2.75) is 0 Å². The molecule has 2 aromatic rings. The molecule has 0 aliphatic rings. The number of nitrogens with one attached hydrogen (secondary N) is 2. The SMILES string of the molecule is CNc1cc(C(=O)Nc2cc(Br)ccc2C#N)cc(Cl)n1. The largest absolute Gasteiger partial charge is 0.373 e. The fourth-order valence-electron chi connectivity index (χ4n) is 1.67. The van der Waals surface area contributed by atoms with Gasteiger partial charge in [0.1, 0.15) is 17.0 Å². The quantitative estimate of drug-likeness (QED) is 0.814. The summed E-state index contributed by atoms with van der Waals surface area (Å²) in [6.45, 7) is 0. The summed E-state index contributed by atoms with van der Waals surface area (Å²) in [4.78, 5) is 16.3. The standard InChI is InChI=1S/C14H10BrClN4O/c1-18-13-5-9(4-12(16)20-13)14(21)19-11-6-10(15)3-2-8(11)7-17/h2-6H,1H3,(H,18,20)(H,19,21). The van der Waals surface area contributed by atoms with Crippen LogP contribution in [-0.2, 0) is 0 Å². The first kappa shape index (κ1) is 15.3. The highest BCUT2D eigenvalue weighted by Crippen LogP contribution is 2.22. The van der Waals surface area contributed by atoms with Crippen LogP contribution in [0.3, 0.4) is 0 Å². The Hall–Kier alpha value is -2.10. The van der Waals surface area contributed by atoms with Crippen LogP contribution < -0.4 is 10.6 Å². The van der Waals surface area contributed by atoms with Crippen LogP contribution in [0.5, 0.6) is 0 Å². The lowest BCUT2D eigenvalue weighted by Crippen LogP contribution is -2.13. The molecule has 1 aromatic heterocycles. The number of hydrogen-bond acceptors (Lipinski definition) is 4. The smallest absolute Gasteiger partial charge is 0.255 e. The van der Waals surface area contributed by atoms with Gasteiger partial charge in [-0.25, -0.2) is 4.98 Å². The maximum absolute atomic E-state index is 12.3. The molecule has 0 spiro atoms. The van der Waals surface area contributed by atoms with E-state index in [4.69, 9.17) is 16.9 Å². The number of benzene rings is 1. The van der Waals surface area contributed by atoms with Crippen molar-refractivity contribution in [3.63, 3.8) is 0 Å². The lowest BCUT2D eigenvalue weighted by Gasteiger charge is -2.09. The summed E-state index contributed by atoms with van der Waals surface area (Å²) in [6.07, 6.45) is 0. The van der Waals surface area contributed by atoms with Crippen molar-refractivity contribution < 1.29 is 4.79 Å². The van der Waals surface area contributed by atoms with Crippen molar-refractivity contribution >= 4 is 44.9 Å². The van der Waals surface area contributed by atoms with Crippen molar-refractivity contribution in [1.29, 1.82) is 5.26 Å². The molecular weight excluding hydrogens is 356 g/mol. The molecular formula is C14H10BrClN4O. The summed E-state index contributed by atoms with van der Waals surface area (Å²) in [6, 6.07) is 10.1. The van der Waals surface area contributed by atoms with E-state index in [1.165, 1.54) is 6.07 Å². The Labute approximate surface area is 135 Å². The van der Waals surface area contributed by atoms with Gasteiger partial charge in [-0.15, -0.1) is 0 Å². The molecule has 0 atom stereocenters. The van der Waals surface area contributed by atoms with Crippen LogP contribution in [0.4, 0.5) is 11.5 Å². The molecule has 2 N–H and O–H groups in total. The number of nitrogens with zero attached hydrogens (tertiary/aromatic N) is 2. The normalized spacial score (nSPS) is 9.81. The van der Waals surface area contributed by atoms with Gasteiger partial charge in [0.05, 0.1) is 11.3 Å². The molecule has 0 aliphatic heterocycles. The zero-order valence-electron chi connectivity index (χ0n) is 10.9. The van der Waals surface area contributed by atoms with E-state index in [0.29, 0.717) is 22.6 Å². The van der Waals surface area contributed by atoms with Gasteiger partial charge in [-0.2, -0.15) is 5.26 Å². The van der Waals surface area contributed by atoms with E-state index >= 15 is 0 Å². The molecule has 1 heterocycles. The molecule has 0 unspecified atom stereocenters. The molecule has 7 heteroatoms. The number of aromatic nitrogens is 1. The van der Waals surface area contributed by atoms with E-state index < -0.39 is 0 Å². The van der Waals surface area contributed by atoms with Gasteiger partial charge < -0.3 is 10.6 Å². The number of rotatable bonds is 3. The van der Waals surface area contributed by atoms with Crippen LogP contribution >= 0.6 is 27.5 Å². The second-order valence-electron chi connectivity index (χ2n) is 4.07. The van der Waals surface area contributed by atoms with E-state index in [-0.39, 0.29) is 11.1 Å². The minimum absolute atomic E-state index is 0.210. The summed E-state index contributed by atoms with van der Waals surface area (Å²) < 4.78 is 0.764. The minimum Gasteiger partial charge on any atom is -0.373 e. The van der Waals surface area contributed by atoms with Crippen LogP contribution in [0.25, 0.3) is 0 Å². The first-order chi connectivity index (χ1) is 10.0. The van der Waals surface area contributed by atoms with Crippen molar-refractivity contribution in [2.24, 2.45) is 0 Å². The number of pyridine rings is 1. The van der Waals surface area contributed by atoms with Gasteiger partial charge in [-0.1, -0.05) is 27.5 Å². The Morgan fingerprint density at radius 2 is 2.14 bits per heavy atom. The number of anilines is 2. The maximum atomic E-state index is 12.3. The van der Waals surface area contributed by atoms with Gasteiger partial charge in [-0.3, -0.25) is 4.79 Å². The second-order valence-corrected chi connectivity index (χ2v) is 5.37. The average molecular weight is 366 g/mol. The molecule has 0 aliphatic carbocycles. The molecule has 1 amide bonds. The summed E-state index contributed by atoms with van der Waals surface area (Å²) in [5.74, 6) is 0.118. The van der Waals surface area contributed by atoms with Crippen molar-refractivity contribution in [1.82, 2.24) is 4.98 Å². The fourth-order valence-corrected chi connectivity index (χ4v) is 2.24. The molecule has 0 bridgehead atoms. The fraction of sp³-hybridized carbons (Fsp3) is 0.0714. The molecule has 0 saturated carbocycles. The summed E-state index contributed by atoms with van der Waals surface area (Å²) in [5.41, 5.74) is 1.15. The molecule has 0 fully saturated rings. The first-order valence-corrected chi connectivity index (χ1v) is 7.07. The molecule has 0 saturated heterocycles. The van der Waals surface area contributed by atoms with Gasteiger partial charge in [0, 0.05) is 17.1 Å². The Kier molecular flexibility index (Phi) is 4.78. The molecule has 1 aromatic carbocycles. The highest BCUT2D eigenvalue weighted by molar-refractivity contribution is 9.10. The number of carbonyl (C=O) groups excluding carboxylic acids is 1. The van der Waals surface area contributed by atoms with Crippen LogP contribution in [0, 0.1) is 11.3 Å². The van der Waals surface area contributed by atoms with Gasteiger partial charge >= 0.3 is 0 Å². The third-order valence-electron chi connectivity index (χ3n) is 2.66. The van der Waals surface area contributed by atoms with Gasteiger partial charge in [0.2, 0.25) is 0 Å². The van der Waals surface area contributed by atoms with Crippen LogP contribution in [-0.4, -0.2) is 17.9 Å². The third-order valence-corrected chi connectivity index (χ3v) is 3.35. The zero-order valence-corrected chi connectivity index (χ0v) is 13.3. The minimum atomic E-state index is -0.370. The number of nitriles is 1. The number of amides is 1. The Morgan fingerprint density at radius 3 is 2.81 bits per heavy atom. The highest BCUT2D eigenvalue weighted by Gasteiger charge is 2.12. The van der Waals surface area contributed by atoms with Crippen molar-refractivity contribution in [3.05, 3.63) is 51.1 Å². The maximum Gasteiger partial charge on any atom is 0.255 e. The van der Waals surface area contributed by atoms with Crippen LogP contribution in [0.1, 0.15) is 15.9 Å². The van der Waals surface area contributed by atoms with E-state index in [2.05, 4.69) is 31.5 Å². The van der Waals surface area contributed by atoms with E-state index in [0.717, 1.165) is 4.47 Å². The van der Waals surface area contributed by atoms with E-state index in [9.17, 15) is 4.79 Å². The first-order valence-electron chi connectivity index (χ1n) is 5.90. The van der Waals surface area contributed by atoms with E-state index in [1.54, 1.807) is 31.3 Å². The summed E-state index contributed by atoms with van der Waals surface area (Å²) in [7, 11) is 1.68. The average Bonchev–Trinajstić information content (AvgIpc) is 2.46.